The van der Waals surface area contributed by atoms with E-state index in [0.717, 1.165) is 12.0 Å². The second-order valence-electron chi connectivity index (χ2n) is 6.39. The maximum absolute atomic E-state index is 3.73. The smallest absolute Gasteiger partial charge is 0.00418 e. The third kappa shape index (κ3) is 3.46. The molecule has 1 saturated carbocycles. The van der Waals surface area contributed by atoms with Crippen LogP contribution in [0.3, 0.4) is 0 Å². The number of hydrogen-bond acceptors (Lipinski definition) is 2. The first-order valence-electron chi connectivity index (χ1n) is 7.12. The molecule has 1 aliphatic heterocycles. The molecule has 16 heavy (non-hydrogen) atoms. The molecule has 2 fully saturated rings. The second kappa shape index (κ2) is 5.50. The molecule has 1 aliphatic carbocycles. The monoisotopic (exact) mass is 224 g/mol. The molecule has 2 heteroatoms. The minimum atomic E-state index is 0.610. The molecule has 0 bridgehead atoms. The Morgan fingerprint density at radius 2 is 2.06 bits per heavy atom. The summed E-state index contributed by atoms with van der Waals surface area (Å²) in [6.45, 7) is 8.46. The molecule has 0 spiro atoms. The van der Waals surface area contributed by atoms with Crippen molar-refractivity contribution in [3.05, 3.63) is 0 Å². The molecule has 2 atom stereocenters. The van der Waals surface area contributed by atoms with E-state index in [0.29, 0.717) is 5.41 Å². The van der Waals surface area contributed by atoms with E-state index in [9.17, 15) is 0 Å². The lowest BCUT2D eigenvalue weighted by Crippen LogP contribution is -2.41. The molecule has 0 aromatic rings. The van der Waals surface area contributed by atoms with Gasteiger partial charge in [0.25, 0.3) is 0 Å². The highest BCUT2D eigenvalue weighted by molar-refractivity contribution is 4.83. The van der Waals surface area contributed by atoms with Crippen molar-refractivity contribution >= 4 is 0 Å². The zero-order valence-electron chi connectivity index (χ0n) is 11.0. The summed E-state index contributed by atoms with van der Waals surface area (Å²) in [6, 6.07) is 0.725. The maximum atomic E-state index is 3.73. The van der Waals surface area contributed by atoms with E-state index in [1.54, 1.807) is 0 Å². The molecular formula is C14H28N2. The Bertz CT molecular complexity index is 209. The summed E-state index contributed by atoms with van der Waals surface area (Å²) in [5, 5.41) is 7.25. The third-order valence-corrected chi connectivity index (χ3v) is 4.53. The van der Waals surface area contributed by atoms with Crippen LogP contribution in [0.15, 0.2) is 0 Å². The summed E-state index contributed by atoms with van der Waals surface area (Å²) in [7, 11) is 0. The van der Waals surface area contributed by atoms with Gasteiger partial charge >= 0.3 is 0 Å². The van der Waals surface area contributed by atoms with Gasteiger partial charge in [-0.15, -0.1) is 0 Å². The van der Waals surface area contributed by atoms with Crippen molar-refractivity contribution in [1.29, 1.82) is 0 Å². The Kier molecular flexibility index (Phi) is 4.26. The summed E-state index contributed by atoms with van der Waals surface area (Å²) in [5.41, 5.74) is 0.610. The summed E-state index contributed by atoms with van der Waals surface area (Å²) >= 11 is 0. The molecule has 1 saturated heterocycles. The SMILES string of the molecule is CC1CC(CNCC2(C)CCCC2)CCN1. The average molecular weight is 224 g/mol. The molecule has 1 heterocycles. The van der Waals surface area contributed by atoms with Crippen molar-refractivity contribution < 1.29 is 0 Å². The Morgan fingerprint density at radius 1 is 1.31 bits per heavy atom. The fourth-order valence-corrected chi connectivity index (χ4v) is 3.40. The van der Waals surface area contributed by atoms with Crippen LogP contribution in [0.4, 0.5) is 0 Å². The number of piperidine rings is 1. The lowest BCUT2D eigenvalue weighted by Gasteiger charge is -2.30. The van der Waals surface area contributed by atoms with E-state index in [2.05, 4.69) is 24.5 Å². The van der Waals surface area contributed by atoms with Crippen molar-refractivity contribution in [2.45, 2.75) is 58.4 Å². The van der Waals surface area contributed by atoms with Gasteiger partial charge in [-0.3, -0.25) is 0 Å². The van der Waals surface area contributed by atoms with Crippen LogP contribution < -0.4 is 10.6 Å². The van der Waals surface area contributed by atoms with E-state index in [1.165, 1.54) is 58.2 Å². The van der Waals surface area contributed by atoms with E-state index in [1.807, 2.05) is 0 Å². The van der Waals surface area contributed by atoms with Crippen LogP contribution >= 0.6 is 0 Å². The topological polar surface area (TPSA) is 24.1 Å². The lowest BCUT2D eigenvalue weighted by atomic mass is 9.88. The molecule has 0 amide bonds. The molecule has 2 unspecified atom stereocenters. The first-order chi connectivity index (χ1) is 7.68. The molecule has 2 nitrogen and oxygen atoms in total. The van der Waals surface area contributed by atoms with E-state index in [-0.39, 0.29) is 0 Å². The molecule has 2 aliphatic rings. The number of rotatable bonds is 4. The van der Waals surface area contributed by atoms with Crippen LogP contribution in [0.25, 0.3) is 0 Å². The van der Waals surface area contributed by atoms with Gasteiger partial charge in [0.05, 0.1) is 0 Å². The predicted octanol–water partition coefficient (Wildman–Crippen LogP) is 2.54. The Balaban J connectivity index is 1.63. The van der Waals surface area contributed by atoms with E-state index >= 15 is 0 Å². The highest BCUT2D eigenvalue weighted by atomic mass is 14.9. The Hall–Kier alpha value is -0.0800. The molecule has 94 valence electrons. The average Bonchev–Trinajstić information content (AvgIpc) is 2.65. The van der Waals surface area contributed by atoms with Gasteiger partial charge in [-0.1, -0.05) is 19.8 Å². The van der Waals surface area contributed by atoms with Crippen LogP contribution in [0, 0.1) is 11.3 Å². The van der Waals surface area contributed by atoms with Crippen molar-refractivity contribution in [1.82, 2.24) is 10.6 Å². The third-order valence-electron chi connectivity index (χ3n) is 4.53. The molecule has 0 aromatic heterocycles. The molecular weight excluding hydrogens is 196 g/mol. The zero-order valence-corrected chi connectivity index (χ0v) is 11.0. The minimum absolute atomic E-state index is 0.610. The van der Waals surface area contributed by atoms with Gasteiger partial charge in [-0.05, 0) is 57.0 Å². The Labute approximate surface area is 101 Å². The number of nitrogens with one attached hydrogen (secondary N) is 2. The van der Waals surface area contributed by atoms with Crippen LogP contribution in [-0.2, 0) is 0 Å². The fraction of sp³-hybridized carbons (Fsp3) is 1.00. The summed E-state index contributed by atoms with van der Waals surface area (Å²) in [6.07, 6.45) is 8.47. The maximum Gasteiger partial charge on any atom is 0.00418 e. The summed E-state index contributed by atoms with van der Waals surface area (Å²) in [5.74, 6) is 0.904. The normalized spacial score (nSPS) is 34.1. The highest BCUT2D eigenvalue weighted by Gasteiger charge is 2.28. The lowest BCUT2D eigenvalue weighted by molar-refractivity contribution is 0.269. The predicted molar refractivity (Wildman–Crippen MR) is 69.6 cm³/mol. The quantitative estimate of drug-likeness (QED) is 0.767. The first kappa shape index (κ1) is 12.4. The van der Waals surface area contributed by atoms with Gasteiger partial charge in [-0.25, -0.2) is 0 Å². The van der Waals surface area contributed by atoms with Crippen molar-refractivity contribution in [3.63, 3.8) is 0 Å². The van der Waals surface area contributed by atoms with Crippen molar-refractivity contribution in [3.8, 4) is 0 Å². The van der Waals surface area contributed by atoms with Gasteiger partial charge in [0.2, 0.25) is 0 Å². The Morgan fingerprint density at radius 3 is 2.75 bits per heavy atom. The van der Waals surface area contributed by atoms with Gasteiger partial charge in [0.15, 0.2) is 0 Å². The van der Waals surface area contributed by atoms with E-state index < -0.39 is 0 Å². The van der Waals surface area contributed by atoms with Crippen LogP contribution in [0.5, 0.6) is 0 Å². The van der Waals surface area contributed by atoms with Crippen molar-refractivity contribution in [2.75, 3.05) is 19.6 Å². The largest absolute Gasteiger partial charge is 0.316 e. The van der Waals surface area contributed by atoms with Gasteiger partial charge in [0, 0.05) is 12.6 Å². The van der Waals surface area contributed by atoms with Crippen LogP contribution in [-0.4, -0.2) is 25.7 Å². The molecule has 2 N–H and O–H groups in total. The highest BCUT2D eigenvalue weighted by Crippen LogP contribution is 2.36. The molecule has 0 aromatic carbocycles. The number of hydrogen-bond donors (Lipinski definition) is 2. The van der Waals surface area contributed by atoms with Gasteiger partial charge in [0.1, 0.15) is 0 Å². The van der Waals surface area contributed by atoms with Crippen LogP contribution in [0.1, 0.15) is 52.4 Å². The standard InChI is InChI=1S/C14H28N2/c1-12-9-13(5-8-16-12)10-15-11-14(2)6-3-4-7-14/h12-13,15-16H,3-11H2,1-2H3. The zero-order chi connectivity index (χ0) is 11.4. The van der Waals surface area contributed by atoms with Gasteiger partial charge < -0.3 is 10.6 Å². The van der Waals surface area contributed by atoms with E-state index in [4.69, 9.17) is 0 Å². The van der Waals surface area contributed by atoms with Crippen molar-refractivity contribution in [2.24, 2.45) is 11.3 Å². The minimum Gasteiger partial charge on any atom is -0.316 e. The van der Waals surface area contributed by atoms with Crippen LogP contribution in [0.2, 0.25) is 0 Å². The summed E-state index contributed by atoms with van der Waals surface area (Å²) in [4.78, 5) is 0. The molecule has 0 radical (unpaired) electrons. The first-order valence-corrected chi connectivity index (χ1v) is 7.12. The molecule has 2 rings (SSSR count). The summed E-state index contributed by atoms with van der Waals surface area (Å²) < 4.78 is 0. The van der Waals surface area contributed by atoms with Gasteiger partial charge in [-0.2, -0.15) is 0 Å². The second-order valence-corrected chi connectivity index (χ2v) is 6.39. The fourth-order valence-electron chi connectivity index (χ4n) is 3.40.